The Morgan fingerprint density at radius 2 is 1.68 bits per heavy atom. The van der Waals surface area contributed by atoms with E-state index in [1.807, 2.05) is 37.3 Å². The molecule has 0 aliphatic rings. The molecule has 3 rings (SSSR count). The molecule has 28 heavy (non-hydrogen) atoms. The van der Waals surface area contributed by atoms with Gasteiger partial charge in [0.05, 0.1) is 17.9 Å². The highest BCUT2D eigenvalue weighted by Gasteiger charge is 2.13. The molecule has 0 fully saturated rings. The van der Waals surface area contributed by atoms with Crippen LogP contribution in [-0.2, 0) is 11.2 Å². The van der Waals surface area contributed by atoms with Crippen LogP contribution in [-0.4, -0.2) is 22.5 Å². The van der Waals surface area contributed by atoms with Crippen molar-refractivity contribution >= 4 is 29.1 Å². The second kappa shape index (κ2) is 8.99. The van der Waals surface area contributed by atoms with Crippen LogP contribution < -0.4 is 10.6 Å². The molecule has 0 unspecified atom stereocenters. The molecule has 3 aromatic rings. The van der Waals surface area contributed by atoms with Crippen LogP contribution in [0, 0.1) is 6.92 Å². The van der Waals surface area contributed by atoms with Crippen LogP contribution in [0.1, 0.15) is 35.5 Å². The molecule has 0 saturated heterocycles. The van der Waals surface area contributed by atoms with Crippen molar-refractivity contribution in [1.29, 1.82) is 0 Å². The Kier molecular flexibility index (Phi) is 6.22. The minimum Gasteiger partial charge on any atom is -0.462 e. The van der Waals surface area contributed by atoms with E-state index in [-0.39, 0.29) is 5.97 Å². The molecule has 2 N–H and O–H groups in total. The number of carbonyl (C=O) groups is 1. The molecular weight excluding hydrogens is 352 g/mol. The van der Waals surface area contributed by atoms with Crippen LogP contribution in [0.3, 0.4) is 0 Å². The lowest BCUT2D eigenvalue weighted by Gasteiger charge is -2.13. The molecule has 0 radical (unpaired) electrons. The van der Waals surface area contributed by atoms with Crippen molar-refractivity contribution in [3.63, 3.8) is 0 Å². The fraction of sp³-hybridized carbons (Fsp3) is 0.227. The zero-order valence-electron chi connectivity index (χ0n) is 16.3. The summed E-state index contributed by atoms with van der Waals surface area (Å²) in [5.74, 6) is 0.714. The number of para-hydroxylation sites is 2. The summed E-state index contributed by atoms with van der Waals surface area (Å²) < 4.78 is 5.13. The number of ether oxygens (including phenoxy) is 1. The monoisotopic (exact) mass is 376 g/mol. The van der Waals surface area contributed by atoms with Gasteiger partial charge in [-0.1, -0.05) is 37.3 Å². The van der Waals surface area contributed by atoms with Crippen molar-refractivity contribution in [3.05, 3.63) is 71.4 Å². The van der Waals surface area contributed by atoms with Gasteiger partial charge in [0.1, 0.15) is 5.82 Å². The summed E-state index contributed by atoms with van der Waals surface area (Å²) in [7, 11) is 0. The van der Waals surface area contributed by atoms with Gasteiger partial charge in [-0.05, 0) is 44.0 Å². The minimum absolute atomic E-state index is 0.318. The zero-order chi connectivity index (χ0) is 19.9. The standard InChI is InChI=1S/C22H24N4O2/c1-4-16-10-6-8-12-18(16)24-20-14-15(3)23-22(26-20)25-19-13-9-7-11-17(19)21(27)28-5-2/h6-14H,4-5H2,1-3H3,(H2,23,24,25,26). The first-order valence-electron chi connectivity index (χ1n) is 9.34. The normalized spacial score (nSPS) is 10.4. The van der Waals surface area contributed by atoms with Crippen LogP contribution in [0.5, 0.6) is 0 Å². The third kappa shape index (κ3) is 4.65. The van der Waals surface area contributed by atoms with E-state index in [9.17, 15) is 4.79 Å². The summed E-state index contributed by atoms with van der Waals surface area (Å²) in [6.45, 7) is 6.12. The number of hydrogen-bond donors (Lipinski definition) is 2. The average molecular weight is 376 g/mol. The van der Waals surface area contributed by atoms with Gasteiger partial charge in [-0.2, -0.15) is 4.98 Å². The molecule has 0 saturated carbocycles. The highest BCUT2D eigenvalue weighted by molar-refractivity contribution is 5.96. The van der Waals surface area contributed by atoms with Crippen molar-refractivity contribution in [3.8, 4) is 0 Å². The second-order valence-corrected chi connectivity index (χ2v) is 6.24. The summed E-state index contributed by atoms with van der Waals surface area (Å²) in [6, 6.07) is 17.2. The Morgan fingerprint density at radius 1 is 0.964 bits per heavy atom. The Hall–Kier alpha value is -3.41. The van der Waals surface area contributed by atoms with Crippen LogP contribution in [0.25, 0.3) is 0 Å². The number of hydrogen-bond acceptors (Lipinski definition) is 6. The number of nitrogens with zero attached hydrogens (tertiary/aromatic N) is 2. The van der Waals surface area contributed by atoms with E-state index in [1.54, 1.807) is 25.1 Å². The molecule has 0 spiro atoms. The van der Waals surface area contributed by atoms with Crippen molar-refractivity contribution in [1.82, 2.24) is 9.97 Å². The SMILES string of the molecule is CCOC(=O)c1ccccc1Nc1nc(C)cc(Nc2ccccc2CC)n1. The topological polar surface area (TPSA) is 76.1 Å². The number of benzene rings is 2. The van der Waals surface area contributed by atoms with Gasteiger partial charge in [-0.3, -0.25) is 0 Å². The van der Waals surface area contributed by atoms with E-state index in [0.29, 0.717) is 29.6 Å². The third-order valence-electron chi connectivity index (χ3n) is 4.18. The number of nitrogens with one attached hydrogen (secondary N) is 2. The Bertz CT molecular complexity index is 972. The molecule has 2 aromatic carbocycles. The number of anilines is 4. The van der Waals surface area contributed by atoms with Crippen LogP contribution in [0.4, 0.5) is 23.1 Å². The maximum absolute atomic E-state index is 12.2. The molecule has 1 heterocycles. The molecule has 0 atom stereocenters. The molecule has 0 aliphatic heterocycles. The number of aryl methyl sites for hydroxylation is 2. The first-order chi connectivity index (χ1) is 13.6. The molecule has 0 aliphatic carbocycles. The van der Waals surface area contributed by atoms with Gasteiger partial charge in [0, 0.05) is 17.4 Å². The van der Waals surface area contributed by atoms with E-state index in [1.165, 1.54) is 5.56 Å². The van der Waals surface area contributed by atoms with Gasteiger partial charge in [-0.25, -0.2) is 9.78 Å². The predicted octanol–water partition coefficient (Wildman–Crippen LogP) is 5.01. The number of esters is 1. The molecule has 6 heteroatoms. The smallest absolute Gasteiger partial charge is 0.340 e. The van der Waals surface area contributed by atoms with Crippen LogP contribution in [0.2, 0.25) is 0 Å². The lowest BCUT2D eigenvalue weighted by Crippen LogP contribution is -2.09. The molecule has 0 amide bonds. The first kappa shape index (κ1) is 19.4. The fourth-order valence-electron chi connectivity index (χ4n) is 2.88. The van der Waals surface area contributed by atoms with Crippen LogP contribution >= 0.6 is 0 Å². The van der Waals surface area contributed by atoms with E-state index < -0.39 is 0 Å². The average Bonchev–Trinajstić information content (AvgIpc) is 2.68. The summed E-state index contributed by atoms with van der Waals surface area (Å²) >= 11 is 0. The molecule has 0 bridgehead atoms. The van der Waals surface area contributed by atoms with Gasteiger partial charge in [0.15, 0.2) is 0 Å². The summed E-state index contributed by atoms with van der Waals surface area (Å²) in [5, 5.41) is 6.51. The molecule has 6 nitrogen and oxygen atoms in total. The summed E-state index contributed by atoms with van der Waals surface area (Å²) in [6.07, 6.45) is 0.922. The first-order valence-corrected chi connectivity index (χ1v) is 9.34. The van der Waals surface area contributed by atoms with Crippen molar-refractivity contribution in [2.75, 3.05) is 17.2 Å². The van der Waals surface area contributed by atoms with Crippen LogP contribution in [0.15, 0.2) is 54.6 Å². The van der Waals surface area contributed by atoms with Gasteiger partial charge < -0.3 is 15.4 Å². The van der Waals surface area contributed by atoms with Gasteiger partial charge >= 0.3 is 5.97 Å². The Labute approximate surface area is 165 Å². The van der Waals surface area contributed by atoms with Crippen molar-refractivity contribution < 1.29 is 9.53 Å². The number of rotatable bonds is 7. The maximum Gasteiger partial charge on any atom is 0.340 e. The molecule has 144 valence electrons. The fourth-order valence-corrected chi connectivity index (χ4v) is 2.88. The van der Waals surface area contributed by atoms with Gasteiger partial charge in [0.2, 0.25) is 5.95 Å². The van der Waals surface area contributed by atoms with E-state index in [0.717, 1.165) is 17.8 Å². The summed E-state index contributed by atoms with van der Waals surface area (Å²) in [4.78, 5) is 21.2. The van der Waals surface area contributed by atoms with E-state index in [4.69, 9.17) is 4.74 Å². The van der Waals surface area contributed by atoms with E-state index >= 15 is 0 Å². The van der Waals surface area contributed by atoms with E-state index in [2.05, 4.69) is 33.6 Å². The highest BCUT2D eigenvalue weighted by Crippen LogP contribution is 2.24. The quantitative estimate of drug-likeness (QED) is 0.565. The lowest BCUT2D eigenvalue weighted by molar-refractivity contribution is 0.0527. The molecular formula is C22H24N4O2. The largest absolute Gasteiger partial charge is 0.462 e. The minimum atomic E-state index is -0.381. The Morgan fingerprint density at radius 3 is 2.43 bits per heavy atom. The zero-order valence-corrected chi connectivity index (χ0v) is 16.3. The number of aromatic nitrogens is 2. The summed E-state index contributed by atoms with van der Waals surface area (Å²) in [5.41, 5.74) is 4.08. The Balaban J connectivity index is 1.88. The van der Waals surface area contributed by atoms with Gasteiger partial charge in [-0.15, -0.1) is 0 Å². The highest BCUT2D eigenvalue weighted by atomic mass is 16.5. The predicted molar refractivity (Wildman–Crippen MR) is 112 cm³/mol. The second-order valence-electron chi connectivity index (χ2n) is 6.24. The lowest BCUT2D eigenvalue weighted by atomic mass is 10.1. The van der Waals surface area contributed by atoms with Gasteiger partial charge in [0.25, 0.3) is 0 Å². The molecule has 1 aromatic heterocycles. The van der Waals surface area contributed by atoms with Crippen molar-refractivity contribution in [2.45, 2.75) is 27.2 Å². The third-order valence-corrected chi connectivity index (χ3v) is 4.18. The maximum atomic E-state index is 12.2. The number of carbonyl (C=O) groups excluding carboxylic acids is 1. The van der Waals surface area contributed by atoms with Crippen molar-refractivity contribution in [2.24, 2.45) is 0 Å².